The van der Waals surface area contributed by atoms with Gasteiger partial charge in [0.25, 0.3) is 0 Å². The van der Waals surface area contributed by atoms with Crippen molar-refractivity contribution >= 4 is 11.8 Å². The second-order valence-electron chi connectivity index (χ2n) is 5.92. The molecule has 2 aromatic rings. The largest absolute Gasteiger partial charge is 0.496 e. The van der Waals surface area contributed by atoms with Crippen LogP contribution in [-0.2, 0) is 22.6 Å². The zero-order valence-corrected chi connectivity index (χ0v) is 15.3. The van der Waals surface area contributed by atoms with Gasteiger partial charge in [0.1, 0.15) is 5.75 Å². The van der Waals surface area contributed by atoms with E-state index in [-0.39, 0.29) is 18.2 Å². The molecule has 0 fully saturated rings. The van der Waals surface area contributed by atoms with Crippen molar-refractivity contribution < 1.29 is 14.3 Å². The van der Waals surface area contributed by atoms with Crippen LogP contribution in [0.1, 0.15) is 24.6 Å². The molecule has 0 aliphatic rings. The third-order valence-corrected chi connectivity index (χ3v) is 4.09. The van der Waals surface area contributed by atoms with Crippen molar-refractivity contribution in [3.63, 3.8) is 0 Å². The van der Waals surface area contributed by atoms with Crippen LogP contribution in [0.15, 0.2) is 48.7 Å². The molecule has 1 heterocycles. The topological polar surface area (TPSA) is 71.5 Å². The fourth-order valence-electron chi connectivity index (χ4n) is 2.61. The van der Waals surface area contributed by atoms with Crippen LogP contribution in [0.5, 0.6) is 5.75 Å². The molecule has 0 aliphatic heterocycles. The fourth-order valence-corrected chi connectivity index (χ4v) is 2.61. The molecule has 0 atom stereocenters. The van der Waals surface area contributed by atoms with Crippen molar-refractivity contribution in [2.75, 3.05) is 20.2 Å². The Morgan fingerprint density at radius 2 is 1.88 bits per heavy atom. The molecule has 0 aliphatic carbocycles. The number of methoxy groups -OCH3 is 1. The first-order valence-corrected chi connectivity index (χ1v) is 8.64. The Morgan fingerprint density at radius 1 is 1.12 bits per heavy atom. The molecular weight excluding hydrogens is 330 g/mol. The normalized spacial score (nSPS) is 10.2. The highest BCUT2D eigenvalue weighted by molar-refractivity contribution is 5.78. The van der Waals surface area contributed by atoms with Gasteiger partial charge in [-0.05, 0) is 30.2 Å². The highest BCUT2D eigenvalue weighted by Gasteiger charge is 2.12. The number of pyridine rings is 1. The van der Waals surface area contributed by atoms with E-state index in [4.69, 9.17) is 4.74 Å². The van der Waals surface area contributed by atoms with Gasteiger partial charge in [0.15, 0.2) is 0 Å². The maximum Gasteiger partial charge on any atom is 0.222 e. The van der Waals surface area contributed by atoms with Crippen LogP contribution in [0.4, 0.5) is 0 Å². The van der Waals surface area contributed by atoms with E-state index in [9.17, 15) is 9.59 Å². The second-order valence-corrected chi connectivity index (χ2v) is 5.92. The smallest absolute Gasteiger partial charge is 0.222 e. The Hall–Kier alpha value is -2.89. The third-order valence-electron chi connectivity index (χ3n) is 4.09. The molecule has 1 N–H and O–H groups in total. The van der Waals surface area contributed by atoms with Crippen LogP contribution in [-0.4, -0.2) is 41.9 Å². The number of rotatable bonds is 9. The molecule has 0 saturated heterocycles. The summed E-state index contributed by atoms with van der Waals surface area (Å²) in [6.07, 6.45) is 2.63. The van der Waals surface area contributed by atoms with Gasteiger partial charge in [-0.25, -0.2) is 0 Å². The number of para-hydroxylation sites is 1. The molecular formula is C20H25N3O3. The Morgan fingerprint density at radius 3 is 2.58 bits per heavy atom. The molecule has 0 saturated carbocycles. The fraction of sp³-hybridized carbons (Fsp3) is 0.350. The summed E-state index contributed by atoms with van der Waals surface area (Å²) in [6.45, 7) is 2.84. The number of amides is 2. The molecule has 6 heteroatoms. The number of hydrogen-bond acceptors (Lipinski definition) is 4. The highest BCUT2D eigenvalue weighted by atomic mass is 16.5. The van der Waals surface area contributed by atoms with Crippen LogP contribution in [0.25, 0.3) is 0 Å². The minimum Gasteiger partial charge on any atom is -0.496 e. The van der Waals surface area contributed by atoms with E-state index in [2.05, 4.69) is 10.3 Å². The van der Waals surface area contributed by atoms with Crippen molar-refractivity contribution in [2.45, 2.75) is 26.3 Å². The highest BCUT2D eigenvalue weighted by Crippen LogP contribution is 2.18. The van der Waals surface area contributed by atoms with Gasteiger partial charge in [0.05, 0.1) is 19.3 Å². The predicted octanol–water partition coefficient (Wildman–Crippen LogP) is 2.19. The van der Waals surface area contributed by atoms with Crippen molar-refractivity contribution in [1.29, 1.82) is 0 Å². The van der Waals surface area contributed by atoms with E-state index < -0.39 is 0 Å². The molecule has 1 aromatic carbocycles. The number of carbonyl (C=O) groups is 2. The average molecular weight is 355 g/mol. The van der Waals surface area contributed by atoms with Crippen LogP contribution >= 0.6 is 0 Å². The lowest BCUT2D eigenvalue weighted by Gasteiger charge is -2.21. The van der Waals surface area contributed by atoms with Crippen molar-refractivity contribution in [3.05, 3.63) is 59.9 Å². The van der Waals surface area contributed by atoms with Crippen LogP contribution in [0.3, 0.4) is 0 Å². The maximum absolute atomic E-state index is 12.0. The van der Waals surface area contributed by atoms with Gasteiger partial charge >= 0.3 is 0 Å². The first-order valence-electron chi connectivity index (χ1n) is 8.64. The molecule has 26 heavy (non-hydrogen) atoms. The summed E-state index contributed by atoms with van der Waals surface area (Å²) < 4.78 is 5.34. The summed E-state index contributed by atoms with van der Waals surface area (Å²) in [5, 5.41) is 2.83. The number of nitrogens with zero attached hydrogens (tertiary/aromatic N) is 2. The first kappa shape index (κ1) is 19.4. The monoisotopic (exact) mass is 355 g/mol. The molecule has 2 amide bonds. The van der Waals surface area contributed by atoms with Gasteiger partial charge in [0.2, 0.25) is 11.8 Å². The number of benzene rings is 1. The Kier molecular flexibility index (Phi) is 7.61. The number of aromatic nitrogens is 1. The number of carbonyl (C=O) groups excluding carboxylic acids is 2. The van der Waals surface area contributed by atoms with Crippen molar-refractivity contribution in [2.24, 2.45) is 0 Å². The Labute approximate surface area is 154 Å². The zero-order chi connectivity index (χ0) is 18.8. The summed E-state index contributed by atoms with van der Waals surface area (Å²) in [7, 11) is 1.63. The zero-order valence-electron chi connectivity index (χ0n) is 15.3. The molecule has 0 unspecified atom stereocenters. The first-order chi connectivity index (χ1) is 12.6. The third kappa shape index (κ3) is 6.20. The van der Waals surface area contributed by atoms with E-state index >= 15 is 0 Å². The van der Waals surface area contributed by atoms with Crippen molar-refractivity contribution in [1.82, 2.24) is 15.2 Å². The van der Waals surface area contributed by atoms with E-state index in [0.29, 0.717) is 26.1 Å². The van der Waals surface area contributed by atoms with Gasteiger partial charge in [-0.3, -0.25) is 14.6 Å². The van der Waals surface area contributed by atoms with Crippen LogP contribution in [0, 0.1) is 0 Å². The van der Waals surface area contributed by atoms with Gasteiger partial charge in [-0.15, -0.1) is 0 Å². The summed E-state index contributed by atoms with van der Waals surface area (Å²) in [4.78, 5) is 29.7. The lowest BCUT2D eigenvalue weighted by Crippen LogP contribution is -2.35. The summed E-state index contributed by atoms with van der Waals surface area (Å²) >= 11 is 0. The lowest BCUT2D eigenvalue weighted by molar-refractivity contribution is -0.129. The summed E-state index contributed by atoms with van der Waals surface area (Å²) in [5.41, 5.74) is 1.85. The quantitative estimate of drug-likeness (QED) is 0.748. The van der Waals surface area contributed by atoms with Gasteiger partial charge < -0.3 is 15.0 Å². The van der Waals surface area contributed by atoms with E-state index in [1.165, 1.54) is 6.92 Å². The van der Waals surface area contributed by atoms with E-state index in [0.717, 1.165) is 17.0 Å². The Bertz CT molecular complexity index is 719. The standard InChI is InChI=1S/C20H25N3O3/c1-16(24)23(13-10-17-7-3-4-9-19(17)26-2)14-11-20(25)22-15-18-8-5-6-12-21-18/h3-9,12H,10-11,13-15H2,1-2H3,(H,22,25). The Balaban J connectivity index is 1.80. The molecule has 0 spiro atoms. The molecule has 6 nitrogen and oxygen atoms in total. The van der Waals surface area contributed by atoms with E-state index in [1.807, 2.05) is 42.5 Å². The predicted molar refractivity (Wildman–Crippen MR) is 99.7 cm³/mol. The second kappa shape index (κ2) is 10.2. The summed E-state index contributed by atoms with van der Waals surface area (Å²) in [6, 6.07) is 13.3. The molecule has 0 radical (unpaired) electrons. The molecule has 0 bridgehead atoms. The minimum absolute atomic E-state index is 0.0441. The van der Waals surface area contributed by atoms with Crippen LogP contribution in [0.2, 0.25) is 0 Å². The SMILES string of the molecule is COc1ccccc1CCN(CCC(=O)NCc1ccccn1)C(C)=O. The molecule has 2 rings (SSSR count). The van der Waals surface area contributed by atoms with E-state index in [1.54, 1.807) is 18.2 Å². The lowest BCUT2D eigenvalue weighted by atomic mass is 10.1. The number of hydrogen-bond donors (Lipinski definition) is 1. The van der Waals surface area contributed by atoms with Gasteiger partial charge in [-0.2, -0.15) is 0 Å². The number of nitrogens with one attached hydrogen (secondary N) is 1. The van der Waals surface area contributed by atoms with Gasteiger partial charge in [0, 0.05) is 32.6 Å². The van der Waals surface area contributed by atoms with Crippen molar-refractivity contribution in [3.8, 4) is 5.75 Å². The maximum atomic E-state index is 12.0. The minimum atomic E-state index is -0.0980. The summed E-state index contributed by atoms with van der Waals surface area (Å²) in [5.74, 6) is 0.667. The van der Waals surface area contributed by atoms with Gasteiger partial charge in [-0.1, -0.05) is 24.3 Å². The number of ether oxygens (including phenoxy) is 1. The molecule has 1 aromatic heterocycles. The van der Waals surface area contributed by atoms with Crippen LogP contribution < -0.4 is 10.1 Å². The average Bonchev–Trinajstić information content (AvgIpc) is 2.67. The molecule has 138 valence electrons.